The first-order chi connectivity index (χ1) is 11.8. The highest BCUT2D eigenvalue weighted by Gasteiger charge is 2.29. The van der Waals surface area contributed by atoms with E-state index in [1.165, 1.54) is 0 Å². The van der Waals surface area contributed by atoms with Gasteiger partial charge in [-0.1, -0.05) is 6.07 Å². The molecule has 25 heavy (non-hydrogen) atoms. The highest BCUT2D eigenvalue weighted by molar-refractivity contribution is 5.88. The Hall–Kier alpha value is -2.44. The molecule has 1 saturated heterocycles. The van der Waals surface area contributed by atoms with Gasteiger partial charge in [0.25, 0.3) is 0 Å². The average Bonchev–Trinajstić information content (AvgIpc) is 2.89. The smallest absolute Gasteiger partial charge is 0.410 e. The fraction of sp³-hybridized carbons (Fsp3) is 0.556. The Kier molecular flexibility index (Phi) is 4.49. The predicted molar refractivity (Wildman–Crippen MR) is 98.2 cm³/mol. The van der Waals surface area contributed by atoms with Gasteiger partial charge in [0, 0.05) is 26.2 Å². The highest BCUT2D eigenvalue weighted by Crippen LogP contribution is 2.28. The zero-order valence-electron chi connectivity index (χ0n) is 15.3. The monoisotopic (exact) mass is 346 g/mol. The van der Waals surface area contributed by atoms with Gasteiger partial charge in [-0.25, -0.2) is 9.59 Å². The number of likely N-dealkylation sites (tertiary alicyclic amines) is 1. The lowest BCUT2D eigenvalue weighted by Gasteiger charge is -2.33. The lowest BCUT2D eigenvalue weighted by molar-refractivity contribution is 0.0189. The van der Waals surface area contributed by atoms with Crippen molar-refractivity contribution in [1.29, 1.82) is 0 Å². The van der Waals surface area contributed by atoms with Gasteiger partial charge in [-0.05, 0) is 45.7 Å². The minimum atomic E-state index is -0.495. The van der Waals surface area contributed by atoms with Gasteiger partial charge in [0.15, 0.2) is 0 Å². The van der Waals surface area contributed by atoms with Crippen molar-refractivity contribution in [2.45, 2.75) is 45.3 Å². The van der Waals surface area contributed by atoms with Crippen LogP contribution in [0.25, 0.3) is 11.0 Å². The van der Waals surface area contributed by atoms with Crippen LogP contribution in [0.3, 0.4) is 0 Å². The molecular formula is C18H26N4O3. The number of nitrogens with one attached hydrogen (secondary N) is 2. The number of H-pyrrole nitrogens is 1. The lowest BCUT2D eigenvalue weighted by Crippen LogP contribution is -2.43. The van der Waals surface area contributed by atoms with Crippen molar-refractivity contribution in [3.05, 3.63) is 28.7 Å². The summed E-state index contributed by atoms with van der Waals surface area (Å²) in [5, 5.41) is 3.10. The van der Waals surface area contributed by atoms with E-state index in [0.29, 0.717) is 13.1 Å². The summed E-state index contributed by atoms with van der Waals surface area (Å²) in [6.07, 6.45) is 1.18. The first kappa shape index (κ1) is 17.4. The van der Waals surface area contributed by atoms with Crippen molar-refractivity contribution in [3.8, 4) is 0 Å². The molecule has 136 valence electrons. The number of carbonyl (C=O) groups is 1. The quantitative estimate of drug-likeness (QED) is 0.876. The normalized spacial score (nSPS) is 16.2. The second-order valence-corrected chi connectivity index (χ2v) is 7.45. The molecule has 7 nitrogen and oxygen atoms in total. The number of aromatic nitrogens is 2. The van der Waals surface area contributed by atoms with Gasteiger partial charge in [-0.15, -0.1) is 0 Å². The molecule has 1 aliphatic rings. The minimum absolute atomic E-state index is 0.0760. The lowest BCUT2D eigenvalue weighted by atomic mass is 10.0. The van der Waals surface area contributed by atoms with Crippen molar-refractivity contribution in [1.82, 2.24) is 14.5 Å². The fourth-order valence-corrected chi connectivity index (χ4v) is 3.35. The fourth-order valence-electron chi connectivity index (χ4n) is 3.35. The van der Waals surface area contributed by atoms with Crippen molar-refractivity contribution in [3.63, 3.8) is 0 Å². The number of rotatable bonds is 2. The Morgan fingerprint density at radius 3 is 2.56 bits per heavy atom. The first-order valence-corrected chi connectivity index (χ1v) is 8.69. The van der Waals surface area contributed by atoms with Crippen LogP contribution in [0.4, 0.5) is 10.5 Å². The molecule has 7 heteroatoms. The molecule has 0 atom stereocenters. The third-order valence-corrected chi connectivity index (χ3v) is 4.50. The largest absolute Gasteiger partial charge is 0.444 e. The van der Waals surface area contributed by atoms with E-state index in [4.69, 9.17) is 4.74 Å². The van der Waals surface area contributed by atoms with Crippen LogP contribution in [0.15, 0.2) is 23.0 Å². The molecule has 1 fully saturated rings. The molecule has 0 aliphatic carbocycles. The molecule has 0 radical (unpaired) electrons. The molecule has 1 aromatic carbocycles. The second-order valence-electron chi connectivity index (χ2n) is 7.45. The van der Waals surface area contributed by atoms with Gasteiger partial charge in [-0.2, -0.15) is 0 Å². The van der Waals surface area contributed by atoms with E-state index in [1.807, 2.05) is 50.6 Å². The van der Waals surface area contributed by atoms with Gasteiger partial charge in [0.1, 0.15) is 5.60 Å². The number of piperidine rings is 1. The molecule has 0 saturated carbocycles. The number of para-hydroxylation sites is 1. The Morgan fingerprint density at radius 1 is 1.28 bits per heavy atom. The summed E-state index contributed by atoms with van der Waals surface area (Å²) >= 11 is 0. The zero-order chi connectivity index (χ0) is 18.2. The molecule has 1 aromatic heterocycles. The number of nitrogens with zero attached hydrogens (tertiary/aromatic N) is 2. The van der Waals surface area contributed by atoms with Crippen LogP contribution in [-0.4, -0.2) is 46.3 Å². The summed E-state index contributed by atoms with van der Waals surface area (Å²) in [6.45, 7) is 6.77. The molecular weight excluding hydrogens is 320 g/mol. The standard InChI is InChI=1S/C18H26N4O3/c1-18(2,3)25-17(24)21-10-8-12(9-11-21)22-14-7-5-6-13(19-4)15(14)20-16(22)23/h5-7,12,19H,8-11H2,1-4H3,(H,20,23). The second kappa shape index (κ2) is 6.46. The Labute approximate surface area is 147 Å². The number of imidazole rings is 1. The molecule has 1 amide bonds. The molecule has 0 unspecified atom stereocenters. The van der Waals surface area contributed by atoms with Crippen LogP contribution in [0.5, 0.6) is 0 Å². The van der Waals surface area contributed by atoms with Crippen molar-refractivity contribution in [2.75, 3.05) is 25.5 Å². The summed E-state index contributed by atoms with van der Waals surface area (Å²) in [5.74, 6) is 0. The van der Waals surface area contributed by atoms with E-state index in [9.17, 15) is 9.59 Å². The predicted octanol–water partition coefficient (Wildman–Crippen LogP) is 2.94. The zero-order valence-corrected chi connectivity index (χ0v) is 15.3. The Bertz CT molecular complexity index is 823. The van der Waals surface area contributed by atoms with Crippen LogP contribution >= 0.6 is 0 Å². The van der Waals surface area contributed by atoms with Crippen LogP contribution in [0.1, 0.15) is 39.7 Å². The number of hydrogen-bond acceptors (Lipinski definition) is 4. The van der Waals surface area contributed by atoms with Crippen LogP contribution in [0, 0.1) is 0 Å². The number of aromatic amines is 1. The summed E-state index contributed by atoms with van der Waals surface area (Å²) in [6, 6.07) is 5.91. The molecule has 2 N–H and O–H groups in total. The SMILES string of the molecule is CNc1cccc2c1[nH]c(=O)n2C1CCN(C(=O)OC(C)(C)C)CC1. The summed E-state index contributed by atoms with van der Waals surface area (Å²) in [7, 11) is 1.84. The third kappa shape index (κ3) is 3.50. The number of benzene rings is 1. The number of amides is 1. The van der Waals surface area contributed by atoms with Crippen LogP contribution < -0.4 is 11.0 Å². The van der Waals surface area contributed by atoms with E-state index < -0.39 is 5.60 Å². The molecule has 0 bridgehead atoms. The molecule has 3 rings (SSSR count). The Balaban J connectivity index is 1.78. The maximum absolute atomic E-state index is 12.5. The first-order valence-electron chi connectivity index (χ1n) is 8.69. The van der Waals surface area contributed by atoms with Gasteiger partial charge in [0.05, 0.1) is 16.7 Å². The summed E-state index contributed by atoms with van der Waals surface area (Å²) in [5.41, 5.74) is 2.02. The van der Waals surface area contributed by atoms with E-state index in [2.05, 4.69) is 10.3 Å². The number of carbonyl (C=O) groups excluding carboxylic acids is 1. The van der Waals surface area contributed by atoms with Gasteiger partial charge < -0.3 is 19.9 Å². The van der Waals surface area contributed by atoms with Crippen molar-refractivity contribution >= 4 is 22.8 Å². The molecule has 0 spiro atoms. The number of hydrogen-bond donors (Lipinski definition) is 2. The molecule has 2 heterocycles. The molecule has 2 aromatic rings. The van der Waals surface area contributed by atoms with Gasteiger partial charge in [-0.3, -0.25) is 4.57 Å². The highest BCUT2D eigenvalue weighted by atomic mass is 16.6. The molecule has 1 aliphatic heterocycles. The van der Waals surface area contributed by atoms with E-state index >= 15 is 0 Å². The van der Waals surface area contributed by atoms with Crippen molar-refractivity contribution < 1.29 is 9.53 Å². The third-order valence-electron chi connectivity index (χ3n) is 4.50. The van der Waals surface area contributed by atoms with E-state index in [1.54, 1.807) is 4.90 Å². The van der Waals surface area contributed by atoms with E-state index in [-0.39, 0.29) is 17.8 Å². The van der Waals surface area contributed by atoms with Crippen molar-refractivity contribution in [2.24, 2.45) is 0 Å². The van der Waals surface area contributed by atoms with Gasteiger partial charge >= 0.3 is 11.8 Å². The van der Waals surface area contributed by atoms with Crippen LogP contribution in [-0.2, 0) is 4.74 Å². The number of fused-ring (bicyclic) bond motifs is 1. The van der Waals surface area contributed by atoms with E-state index in [0.717, 1.165) is 29.6 Å². The number of anilines is 1. The maximum atomic E-state index is 12.5. The average molecular weight is 346 g/mol. The number of ether oxygens (including phenoxy) is 1. The summed E-state index contributed by atoms with van der Waals surface area (Å²) in [4.78, 5) is 29.3. The topological polar surface area (TPSA) is 79.4 Å². The van der Waals surface area contributed by atoms with Crippen LogP contribution in [0.2, 0.25) is 0 Å². The minimum Gasteiger partial charge on any atom is -0.444 e. The van der Waals surface area contributed by atoms with Gasteiger partial charge in [0.2, 0.25) is 0 Å². The summed E-state index contributed by atoms with van der Waals surface area (Å²) < 4.78 is 7.25. The Morgan fingerprint density at radius 2 is 1.96 bits per heavy atom. The maximum Gasteiger partial charge on any atom is 0.410 e.